The Kier molecular flexibility index (Phi) is 5.20. The maximum Gasteiger partial charge on any atom is 0.254 e. The maximum absolute atomic E-state index is 13.5. The molecule has 0 spiro atoms. The van der Waals surface area contributed by atoms with E-state index in [1.54, 1.807) is 22.4 Å². The quantitative estimate of drug-likeness (QED) is 0.437. The summed E-state index contributed by atoms with van der Waals surface area (Å²) in [5.74, 6) is -0.0325. The topological polar surface area (TPSA) is 51.0 Å². The van der Waals surface area contributed by atoms with Gasteiger partial charge in [0, 0.05) is 13.1 Å². The van der Waals surface area contributed by atoms with Gasteiger partial charge in [0.05, 0.1) is 33.8 Å². The van der Waals surface area contributed by atoms with Gasteiger partial charge in [-0.3, -0.25) is 4.79 Å². The van der Waals surface area contributed by atoms with E-state index in [4.69, 9.17) is 4.98 Å². The summed E-state index contributed by atoms with van der Waals surface area (Å²) in [5, 5.41) is 7.32. The molecule has 148 valence electrons. The molecule has 0 bridgehead atoms. The van der Waals surface area contributed by atoms with E-state index < -0.39 is 0 Å². The van der Waals surface area contributed by atoms with Crippen LogP contribution in [0.2, 0.25) is 0 Å². The zero-order valence-corrected chi connectivity index (χ0v) is 17.9. The van der Waals surface area contributed by atoms with Crippen LogP contribution in [0.3, 0.4) is 0 Å². The van der Waals surface area contributed by atoms with Crippen LogP contribution in [0.15, 0.2) is 60.1 Å². The van der Waals surface area contributed by atoms with Gasteiger partial charge < -0.3 is 4.90 Å². The Labute approximate surface area is 174 Å². The van der Waals surface area contributed by atoms with E-state index in [1.165, 1.54) is 0 Å². The van der Waals surface area contributed by atoms with Gasteiger partial charge in [-0.1, -0.05) is 36.4 Å². The summed E-state index contributed by atoms with van der Waals surface area (Å²) in [5.41, 5.74) is 3.29. The number of carbonyl (C=O) groups excluding carboxylic acids is 1. The number of hydrogen-bond acceptors (Lipinski definition) is 4. The van der Waals surface area contributed by atoms with Crippen molar-refractivity contribution in [2.45, 2.75) is 32.9 Å². The van der Waals surface area contributed by atoms with Gasteiger partial charge in [0.2, 0.25) is 0 Å². The summed E-state index contributed by atoms with van der Waals surface area (Å²) in [7, 11) is 1.85. The minimum Gasteiger partial charge on any atom is -0.335 e. The number of fused-ring (bicyclic) bond motifs is 1. The van der Waals surface area contributed by atoms with E-state index in [0.29, 0.717) is 5.56 Å². The first-order valence-electron chi connectivity index (χ1n) is 9.71. The van der Waals surface area contributed by atoms with Crippen molar-refractivity contribution in [3.8, 4) is 10.6 Å². The highest BCUT2D eigenvalue weighted by Crippen LogP contribution is 2.30. The third-order valence-corrected chi connectivity index (χ3v) is 6.14. The Morgan fingerprint density at radius 3 is 2.52 bits per heavy atom. The highest BCUT2D eigenvalue weighted by molar-refractivity contribution is 7.13. The van der Waals surface area contributed by atoms with Gasteiger partial charge in [-0.2, -0.15) is 5.10 Å². The van der Waals surface area contributed by atoms with Crippen molar-refractivity contribution in [2.75, 3.05) is 7.05 Å². The van der Waals surface area contributed by atoms with Crippen molar-refractivity contribution in [1.29, 1.82) is 0 Å². The summed E-state index contributed by atoms with van der Waals surface area (Å²) >= 11 is 1.62. The summed E-state index contributed by atoms with van der Waals surface area (Å²) < 4.78 is 1.88. The number of aromatic nitrogens is 3. The third kappa shape index (κ3) is 3.56. The molecule has 0 aliphatic carbocycles. The normalized spacial score (nSPS) is 12.4. The summed E-state index contributed by atoms with van der Waals surface area (Å²) in [6, 6.07) is 16.1. The van der Waals surface area contributed by atoms with Gasteiger partial charge >= 0.3 is 0 Å². The lowest BCUT2D eigenvalue weighted by molar-refractivity contribution is 0.0744. The van der Waals surface area contributed by atoms with Crippen molar-refractivity contribution in [1.82, 2.24) is 19.7 Å². The van der Waals surface area contributed by atoms with Crippen LogP contribution in [-0.2, 0) is 0 Å². The second-order valence-electron chi connectivity index (χ2n) is 7.46. The molecule has 6 heteroatoms. The number of amides is 1. The minimum absolute atomic E-state index is 0.0325. The van der Waals surface area contributed by atoms with E-state index in [1.807, 2.05) is 72.6 Å². The number of rotatable bonds is 5. The second kappa shape index (κ2) is 7.79. The Balaban J connectivity index is 1.82. The molecule has 0 aliphatic rings. The summed E-state index contributed by atoms with van der Waals surface area (Å²) in [6.45, 7) is 6.18. The predicted molar refractivity (Wildman–Crippen MR) is 118 cm³/mol. The Morgan fingerprint density at radius 2 is 1.86 bits per heavy atom. The van der Waals surface area contributed by atoms with E-state index in [-0.39, 0.29) is 18.0 Å². The Morgan fingerprint density at radius 1 is 1.10 bits per heavy atom. The molecule has 0 N–H and O–H groups in total. The molecule has 1 atom stereocenters. The van der Waals surface area contributed by atoms with Crippen LogP contribution >= 0.6 is 11.3 Å². The number of hydrogen-bond donors (Lipinski definition) is 0. The van der Waals surface area contributed by atoms with Crippen molar-refractivity contribution in [3.05, 3.63) is 71.2 Å². The first-order valence-corrected chi connectivity index (χ1v) is 10.6. The molecule has 0 aliphatic heterocycles. The predicted octanol–water partition coefficient (Wildman–Crippen LogP) is 5.57. The summed E-state index contributed by atoms with van der Waals surface area (Å²) in [6.07, 6.45) is 1.76. The van der Waals surface area contributed by atoms with Crippen LogP contribution in [0, 0.1) is 0 Å². The third-order valence-electron chi connectivity index (χ3n) is 5.24. The second-order valence-corrected chi connectivity index (χ2v) is 8.40. The highest BCUT2D eigenvalue weighted by Gasteiger charge is 2.24. The van der Waals surface area contributed by atoms with E-state index >= 15 is 0 Å². The molecule has 29 heavy (non-hydrogen) atoms. The average Bonchev–Trinajstić information content (AvgIpc) is 3.42. The fraction of sp³-hybridized carbons (Fsp3) is 0.261. The van der Waals surface area contributed by atoms with Gasteiger partial charge in [0.15, 0.2) is 5.65 Å². The molecule has 3 heterocycles. The Hall–Kier alpha value is -2.99. The number of benzene rings is 1. The van der Waals surface area contributed by atoms with Gasteiger partial charge in [-0.15, -0.1) is 11.3 Å². The van der Waals surface area contributed by atoms with Crippen LogP contribution in [0.4, 0.5) is 0 Å². The number of pyridine rings is 1. The minimum atomic E-state index is -0.0442. The molecule has 1 amide bonds. The first kappa shape index (κ1) is 19.3. The van der Waals surface area contributed by atoms with Crippen LogP contribution in [0.25, 0.3) is 21.6 Å². The van der Waals surface area contributed by atoms with E-state index in [0.717, 1.165) is 27.2 Å². The first-order chi connectivity index (χ1) is 14.0. The molecule has 5 nitrogen and oxygen atoms in total. The van der Waals surface area contributed by atoms with Crippen LogP contribution in [0.1, 0.15) is 48.8 Å². The number of thiophene rings is 1. The molecular weight excluding hydrogens is 380 g/mol. The zero-order valence-electron chi connectivity index (χ0n) is 17.0. The number of nitrogens with zero attached hydrogens (tertiary/aromatic N) is 4. The van der Waals surface area contributed by atoms with Crippen LogP contribution in [0.5, 0.6) is 0 Å². The zero-order chi connectivity index (χ0) is 20.5. The van der Waals surface area contributed by atoms with Crippen LogP contribution in [-0.4, -0.2) is 32.6 Å². The molecule has 4 aromatic rings. The van der Waals surface area contributed by atoms with E-state index in [2.05, 4.69) is 18.9 Å². The van der Waals surface area contributed by atoms with Gasteiger partial charge in [0.25, 0.3) is 5.91 Å². The molecule has 1 aromatic carbocycles. The smallest absolute Gasteiger partial charge is 0.254 e. The molecule has 3 aromatic heterocycles. The fourth-order valence-electron chi connectivity index (χ4n) is 3.44. The van der Waals surface area contributed by atoms with Crippen LogP contribution < -0.4 is 0 Å². The van der Waals surface area contributed by atoms with Crippen molar-refractivity contribution in [2.24, 2.45) is 0 Å². The molecule has 4 rings (SSSR count). The lowest BCUT2D eigenvalue weighted by atomic mass is 10.0. The molecular formula is C23H24N4OS. The monoisotopic (exact) mass is 404 g/mol. The van der Waals surface area contributed by atoms with Gasteiger partial charge in [-0.05, 0) is 43.8 Å². The van der Waals surface area contributed by atoms with Gasteiger partial charge in [-0.25, -0.2) is 9.67 Å². The standard InChI is InChI=1S/C23H24N4OS/c1-15(2)27-22-19(14-24-27)18(13-20(25-22)21-11-8-12-29-21)23(28)26(4)16(3)17-9-6-5-7-10-17/h5-16H,1-4H3. The van der Waals surface area contributed by atoms with Crippen molar-refractivity contribution < 1.29 is 4.79 Å². The molecule has 0 fully saturated rings. The molecule has 0 saturated carbocycles. The SMILES string of the molecule is CC(c1ccccc1)N(C)C(=O)c1cc(-c2cccs2)nc2c1cnn2C(C)C. The molecule has 0 saturated heterocycles. The number of carbonyl (C=O) groups is 1. The summed E-state index contributed by atoms with van der Waals surface area (Å²) in [4.78, 5) is 21.2. The van der Waals surface area contributed by atoms with Crippen molar-refractivity contribution >= 4 is 28.3 Å². The van der Waals surface area contributed by atoms with Crippen molar-refractivity contribution in [3.63, 3.8) is 0 Å². The largest absolute Gasteiger partial charge is 0.335 e. The molecule has 1 unspecified atom stereocenters. The highest BCUT2D eigenvalue weighted by atomic mass is 32.1. The fourth-order valence-corrected chi connectivity index (χ4v) is 4.13. The Bertz CT molecular complexity index is 1130. The molecule has 0 radical (unpaired) electrons. The van der Waals surface area contributed by atoms with Gasteiger partial charge in [0.1, 0.15) is 0 Å². The lowest BCUT2D eigenvalue weighted by Crippen LogP contribution is -2.30. The maximum atomic E-state index is 13.5. The lowest BCUT2D eigenvalue weighted by Gasteiger charge is -2.26. The average molecular weight is 405 g/mol. The van der Waals surface area contributed by atoms with E-state index in [9.17, 15) is 4.79 Å².